The van der Waals surface area contributed by atoms with E-state index in [0.717, 1.165) is 23.6 Å². The summed E-state index contributed by atoms with van der Waals surface area (Å²) in [6, 6.07) is 9.64. The Bertz CT molecular complexity index is 717. The SMILES string of the molecule is COc1ccccc1C1CNCCN1C(=O)c1cc(C(C)C)[nH]n1.Cl. The first kappa shape index (κ1) is 19.3. The lowest BCUT2D eigenvalue weighted by Crippen LogP contribution is -2.48. The van der Waals surface area contributed by atoms with E-state index in [1.807, 2.05) is 35.2 Å². The zero-order valence-corrected chi connectivity index (χ0v) is 15.6. The van der Waals surface area contributed by atoms with Crippen LogP contribution in [0.3, 0.4) is 0 Å². The minimum atomic E-state index is -0.0680. The number of aromatic amines is 1. The van der Waals surface area contributed by atoms with Gasteiger partial charge < -0.3 is 15.0 Å². The molecule has 1 aromatic carbocycles. The number of hydrogen-bond acceptors (Lipinski definition) is 4. The number of carbonyl (C=O) groups is 1. The molecule has 1 saturated heterocycles. The molecule has 25 heavy (non-hydrogen) atoms. The van der Waals surface area contributed by atoms with Gasteiger partial charge in [0.2, 0.25) is 0 Å². The zero-order valence-electron chi connectivity index (χ0n) is 14.8. The van der Waals surface area contributed by atoms with Gasteiger partial charge >= 0.3 is 0 Å². The Morgan fingerprint density at radius 1 is 1.36 bits per heavy atom. The highest BCUT2D eigenvalue weighted by molar-refractivity contribution is 5.93. The second-order valence-corrected chi connectivity index (χ2v) is 6.32. The van der Waals surface area contributed by atoms with Crippen molar-refractivity contribution < 1.29 is 9.53 Å². The van der Waals surface area contributed by atoms with E-state index in [2.05, 4.69) is 29.4 Å². The van der Waals surface area contributed by atoms with Gasteiger partial charge in [-0.05, 0) is 18.1 Å². The molecule has 3 rings (SSSR count). The predicted molar refractivity (Wildman–Crippen MR) is 99.6 cm³/mol. The smallest absolute Gasteiger partial charge is 0.274 e. The minimum Gasteiger partial charge on any atom is -0.496 e. The van der Waals surface area contributed by atoms with Gasteiger partial charge in [-0.25, -0.2) is 0 Å². The fourth-order valence-corrected chi connectivity index (χ4v) is 3.06. The van der Waals surface area contributed by atoms with Gasteiger partial charge in [-0.2, -0.15) is 5.10 Å². The number of ether oxygens (including phenoxy) is 1. The molecule has 1 fully saturated rings. The van der Waals surface area contributed by atoms with E-state index in [1.54, 1.807) is 7.11 Å². The number of benzene rings is 1. The molecule has 2 N–H and O–H groups in total. The number of halogens is 1. The number of methoxy groups -OCH3 is 1. The molecule has 0 aliphatic carbocycles. The number of H-pyrrole nitrogens is 1. The predicted octanol–water partition coefficient (Wildman–Crippen LogP) is 2.75. The summed E-state index contributed by atoms with van der Waals surface area (Å²) in [7, 11) is 1.66. The summed E-state index contributed by atoms with van der Waals surface area (Å²) in [6.07, 6.45) is 0. The molecule has 1 unspecified atom stereocenters. The normalized spacial score (nSPS) is 17.3. The Morgan fingerprint density at radius 2 is 2.12 bits per heavy atom. The minimum absolute atomic E-state index is 0. The summed E-state index contributed by atoms with van der Waals surface area (Å²) in [5.74, 6) is 1.07. The van der Waals surface area contributed by atoms with Gasteiger partial charge in [0.25, 0.3) is 5.91 Å². The average molecular weight is 365 g/mol. The van der Waals surface area contributed by atoms with Crippen LogP contribution in [0, 0.1) is 0 Å². The van der Waals surface area contributed by atoms with Gasteiger partial charge in [0.05, 0.1) is 13.2 Å². The Hall–Kier alpha value is -2.05. The van der Waals surface area contributed by atoms with Crippen molar-refractivity contribution in [1.82, 2.24) is 20.4 Å². The van der Waals surface area contributed by atoms with Crippen LogP contribution in [-0.4, -0.2) is 47.7 Å². The van der Waals surface area contributed by atoms with Crippen LogP contribution in [0.25, 0.3) is 0 Å². The third-order valence-corrected chi connectivity index (χ3v) is 4.44. The Labute approximate surface area is 154 Å². The van der Waals surface area contributed by atoms with Crippen LogP contribution in [0.1, 0.15) is 47.6 Å². The Morgan fingerprint density at radius 3 is 2.80 bits per heavy atom. The van der Waals surface area contributed by atoms with Gasteiger partial charge in [0, 0.05) is 30.9 Å². The van der Waals surface area contributed by atoms with E-state index >= 15 is 0 Å². The fourth-order valence-electron chi connectivity index (χ4n) is 3.06. The summed E-state index contributed by atoms with van der Waals surface area (Å²) >= 11 is 0. The third-order valence-electron chi connectivity index (χ3n) is 4.44. The van der Waals surface area contributed by atoms with E-state index in [0.29, 0.717) is 24.7 Å². The summed E-state index contributed by atoms with van der Waals surface area (Å²) in [6.45, 7) is 6.27. The molecule has 1 amide bonds. The molecule has 2 heterocycles. The zero-order chi connectivity index (χ0) is 17.1. The van der Waals surface area contributed by atoms with E-state index in [9.17, 15) is 4.79 Å². The van der Waals surface area contributed by atoms with Crippen LogP contribution in [0.4, 0.5) is 0 Å². The van der Waals surface area contributed by atoms with Crippen molar-refractivity contribution in [1.29, 1.82) is 0 Å². The summed E-state index contributed by atoms with van der Waals surface area (Å²) in [5, 5.41) is 10.5. The maximum Gasteiger partial charge on any atom is 0.274 e. The lowest BCUT2D eigenvalue weighted by Gasteiger charge is -2.36. The summed E-state index contributed by atoms with van der Waals surface area (Å²) in [5.41, 5.74) is 2.46. The van der Waals surface area contributed by atoms with Crippen molar-refractivity contribution >= 4 is 18.3 Å². The molecule has 7 heteroatoms. The molecule has 136 valence electrons. The quantitative estimate of drug-likeness (QED) is 0.875. The van der Waals surface area contributed by atoms with Crippen LogP contribution >= 0.6 is 12.4 Å². The van der Waals surface area contributed by atoms with Crippen molar-refractivity contribution in [3.63, 3.8) is 0 Å². The molecule has 1 aliphatic rings. The first-order valence-electron chi connectivity index (χ1n) is 8.31. The van der Waals surface area contributed by atoms with Crippen molar-refractivity contribution in [2.75, 3.05) is 26.7 Å². The van der Waals surface area contributed by atoms with Crippen molar-refractivity contribution in [2.45, 2.75) is 25.8 Å². The van der Waals surface area contributed by atoms with Gasteiger partial charge in [-0.1, -0.05) is 32.0 Å². The molecule has 2 aromatic rings. The van der Waals surface area contributed by atoms with Gasteiger partial charge in [0.1, 0.15) is 11.4 Å². The molecule has 0 radical (unpaired) electrons. The van der Waals surface area contributed by atoms with E-state index < -0.39 is 0 Å². The number of carbonyl (C=O) groups excluding carboxylic acids is 1. The average Bonchev–Trinajstić information content (AvgIpc) is 3.11. The monoisotopic (exact) mass is 364 g/mol. The third kappa shape index (κ3) is 3.96. The van der Waals surface area contributed by atoms with Crippen LogP contribution < -0.4 is 10.1 Å². The summed E-state index contributed by atoms with van der Waals surface area (Å²) in [4.78, 5) is 14.9. The van der Waals surface area contributed by atoms with Crippen LogP contribution in [0.15, 0.2) is 30.3 Å². The number of para-hydroxylation sites is 1. The second kappa shape index (κ2) is 8.36. The number of piperazine rings is 1. The van der Waals surface area contributed by atoms with Crippen LogP contribution in [0.5, 0.6) is 5.75 Å². The standard InChI is InChI=1S/C18H24N4O2.ClH/c1-12(2)14-10-15(21-20-14)18(23)22-9-8-19-11-16(22)13-6-4-5-7-17(13)24-3;/h4-7,10,12,16,19H,8-9,11H2,1-3H3,(H,20,21);1H. The molecule has 0 saturated carbocycles. The van der Waals surface area contributed by atoms with E-state index in [4.69, 9.17) is 4.74 Å². The highest BCUT2D eigenvalue weighted by atomic mass is 35.5. The number of nitrogens with zero attached hydrogens (tertiary/aromatic N) is 2. The number of nitrogens with one attached hydrogen (secondary N) is 2. The molecule has 0 bridgehead atoms. The first-order valence-corrected chi connectivity index (χ1v) is 8.31. The van der Waals surface area contributed by atoms with Crippen molar-refractivity contribution in [3.05, 3.63) is 47.3 Å². The van der Waals surface area contributed by atoms with Gasteiger partial charge in [0.15, 0.2) is 0 Å². The van der Waals surface area contributed by atoms with Gasteiger partial charge in [-0.15, -0.1) is 12.4 Å². The molecule has 1 atom stereocenters. The number of hydrogen-bond donors (Lipinski definition) is 2. The summed E-state index contributed by atoms with van der Waals surface area (Å²) < 4.78 is 5.48. The first-order chi connectivity index (χ1) is 11.6. The Balaban J connectivity index is 0.00000225. The maximum absolute atomic E-state index is 13.0. The van der Waals surface area contributed by atoms with E-state index in [-0.39, 0.29) is 24.4 Å². The molecular weight excluding hydrogens is 340 g/mol. The lowest BCUT2D eigenvalue weighted by atomic mass is 10.0. The molecule has 0 spiro atoms. The largest absolute Gasteiger partial charge is 0.496 e. The van der Waals surface area contributed by atoms with Crippen LogP contribution in [0.2, 0.25) is 0 Å². The molecule has 1 aromatic heterocycles. The van der Waals surface area contributed by atoms with Crippen molar-refractivity contribution in [3.8, 4) is 5.75 Å². The highest BCUT2D eigenvalue weighted by Crippen LogP contribution is 2.31. The second-order valence-electron chi connectivity index (χ2n) is 6.32. The molecule has 6 nitrogen and oxygen atoms in total. The molecule has 1 aliphatic heterocycles. The number of amides is 1. The highest BCUT2D eigenvalue weighted by Gasteiger charge is 2.31. The number of aromatic nitrogens is 2. The topological polar surface area (TPSA) is 70.2 Å². The van der Waals surface area contributed by atoms with Crippen LogP contribution in [-0.2, 0) is 0 Å². The van der Waals surface area contributed by atoms with Crippen molar-refractivity contribution in [2.24, 2.45) is 0 Å². The van der Waals surface area contributed by atoms with E-state index in [1.165, 1.54) is 0 Å². The fraction of sp³-hybridized carbons (Fsp3) is 0.444. The molecular formula is C18H25ClN4O2. The lowest BCUT2D eigenvalue weighted by molar-refractivity contribution is 0.0625. The maximum atomic E-state index is 13.0. The van der Waals surface area contributed by atoms with Gasteiger partial charge in [-0.3, -0.25) is 9.89 Å². The number of rotatable bonds is 4. The Kier molecular flexibility index (Phi) is 6.45.